The van der Waals surface area contributed by atoms with E-state index in [-0.39, 0.29) is 5.91 Å². The summed E-state index contributed by atoms with van der Waals surface area (Å²) in [6.07, 6.45) is 4.53. The quantitative estimate of drug-likeness (QED) is 0.698. The smallest absolute Gasteiger partial charge is 0.255 e. The number of nitrogens with one attached hydrogen (secondary N) is 3. The van der Waals surface area contributed by atoms with E-state index in [0.717, 1.165) is 5.69 Å². The van der Waals surface area contributed by atoms with E-state index in [1.165, 1.54) is 12.5 Å². The highest BCUT2D eigenvalue weighted by molar-refractivity contribution is 5.99. The molecule has 0 fully saturated rings. The lowest BCUT2D eigenvalue weighted by molar-refractivity contribution is 0.0950. The predicted octanol–water partition coefficient (Wildman–Crippen LogP) is 0.171. The third-order valence-electron chi connectivity index (χ3n) is 2.22. The van der Waals surface area contributed by atoms with E-state index in [1.54, 1.807) is 19.3 Å². The normalized spacial score (nSPS) is 9.94. The molecular weight excluding hydrogens is 220 g/mol. The van der Waals surface area contributed by atoms with E-state index in [9.17, 15) is 4.79 Å². The number of aromatic amines is 1. The first-order valence-corrected chi connectivity index (χ1v) is 5.05. The fraction of sp³-hybridized carbons (Fsp3) is 0.200. The number of aromatic nitrogens is 4. The number of amides is 1. The van der Waals surface area contributed by atoms with Crippen LogP contribution in [0.25, 0.3) is 0 Å². The van der Waals surface area contributed by atoms with Gasteiger partial charge in [0.15, 0.2) is 0 Å². The average molecular weight is 232 g/mol. The van der Waals surface area contributed by atoms with Gasteiger partial charge in [-0.05, 0) is 6.07 Å². The van der Waals surface area contributed by atoms with Crippen LogP contribution < -0.4 is 10.6 Å². The molecule has 0 unspecified atom stereocenters. The Balaban J connectivity index is 2.04. The molecule has 0 spiro atoms. The molecule has 0 bridgehead atoms. The van der Waals surface area contributed by atoms with Crippen LogP contribution in [0.4, 0.5) is 5.69 Å². The highest BCUT2D eigenvalue weighted by atomic mass is 16.1. The summed E-state index contributed by atoms with van der Waals surface area (Å²) >= 11 is 0. The minimum absolute atomic E-state index is 0.209. The summed E-state index contributed by atoms with van der Waals surface area (Å²) in [5.41, 5.74) is 1.23. The molecule has 0 saturated carbocycles. The minimum atomic E-state index is -0.209. The molecule has 0 aliphatic carbocycles. The number of H-pyrrole nitrogens is 1. The van der Waals surface area contributed by atoms with Crippen LogP contribution in [0.15, 0.2) is 24.8 Å². The van der Waals surface area contributed by atoms with E-state index in [1.807, 2.05) is 0 Å². The van der Waals surface area contributed by atoms with Crippen LogP contribution in [0, 0.1) is 0 Å². The van der Waals surface area contributed by atoms with E-state index in [4.69, 9.17) is 0 Å². The van der Waals surface area contributed by atoms with E-state index in [0.29, 0.717) is 17.9 Å². The number of rotatable bonds is 4. The molecule has 2 aromatic heterocycles. The Bertz CT molecular complexity index is 495. The molecule has 0 aliphatic rings. The molecule has 7 nitrogen and oxygen atoms in total. The molecule has 2 heterocycles. The first kappa shape index (κ1) is 11.1. The van der Waals surface area contributed by atoms with Crippen molar-refractivity contribution in [3.63, 3.8) is 0 Å². The molecule has 3 N–H and O–H groups in total. The van der Waals surface area contributed by atoms with Gasteiger partial charge >= 0.3 is 0 Å². The van der Waals surface area contributed by atoms with Gasteiger partial charge in [0.2, 0.25) is 0 Å². The Morgan fingerprint density at radius 3 is 3.12 bits per heavy atom. The van der Waals surface area contributed by atoms with Gasteiger partial charge in [0, 0.05) is 25.1 Å². The molecule has 2 rings (SSSR count). The number of anilines is 1. The van der Waals surface area contributed by atoms with Gasteiger partial charge in [0.05, 0.1) is 12.1 Å². The maximum absolute atomic E-state index is 11.9. The van der Waals surface area contributed by atoms with Crippen molar-refractivity contribution in [2.75, 3.05) is 12.4 Å². The van der Waals surface area contributed by atoms with Gasteiger partial charge in [0.1, 0.15) is 12.2 Å². The number of hydrogen-bond acceptors (Lipinski definition) is 5. The third kappa shape index (κ3) is 2.57. The molecule has 1 amide bonds. The summed E-state index contributed by atoms with van der Waals surface area (Å²) in [5.74, 6) is 0.395. The minimum Gasteiger partial charge on any atom is -0.387 e. The van der Waals surface area contributed by atoms with Gasteiger partial charge in [0.25, 0.3) is 5.91 Å². The second-order valence-corrected chi connectivity index (χ2v) is 3.29. The molecule has 0 radical (unpaired) electrons. The summed E-state index contributed by atoms with van der Waals surface area (Å²) in [5, 5.41) is 12.0. The van der Waals surface area contributed by atoms with Crippen LogP contribution in [0.2, 0.25) is 0 Å². The van der Waals surface area contributed by atoms with Crippen LogP contribution in [-0.4, -0.2) is 33.1 Å². The summed E-state index contributed by atoms with van der Waals surface area (Å²) in [4.78, 5) is 19.7. The van der Waals surface area contributed by atoms with Gasteiger partial charge in [-0.1, -0.05) is 0 Å². The number of carbonyl (C=O) groups is 1. The van der Waals surface area contributed by atoms with Crippen LogP contribution >= 0.6 is 0 Å². The summed E-state index contributed by atoms with van der Waals surface area (Å²) in [6, 6.07) is 1.74. The summed E-state index contributed by atoms with van der Waals surface area (Å²) in [7, 11) is 1.75. The zero-order valence-corrected chi connectivity index (χ0v) is 9.27. The van der Waals surface area contributed by atoms with E-state index in [2.05, 4.69) is 30.8 Å². The number of pyridine rings is 1. The molecule has 0 atom stereocenters. The molecule has 17 heavy (non-hydrogen) atoms. The molecule has 0 aromatic carbocycles. The SMILES string of the molecule is CNc1ccncc1C(=O)NCc1ncn[nH]1. The predicted molar refractivity (Wildman–Crippen MR) is 61.3 cm³/mol. The molecular formula is C10H12N6O. The lowest BCUT2D eigenvalue weighted by atomic mass is 10.2. The van der Waals surface area contributed by atoms with Gasteiger partial charge in [-0.3, -0.25) is 14.9 Å². The van der Waals surface area contributed by atoms with Crippen molar-refractivity contribution in [1.82, 2.24) is 25.5 Å². The summed E-state index contributed by atoms with van der Waals surface area (Å²) < 4.78 is 0. The highest BCUT2D eigenvalue weighted by Crippen LogP contribution is 2.12. The number of carbonyl (C=O) groups excluding carboxylic acids is 1. The lowest BCUT2D eigenvalue weighted by Gasteiger charge is -2.07. The van der Waals surface area contributed by atoms with Crippen LogP contribution in [0.1, 0.15) is 16.2 Å². The Morgan fingerprint density at radius 1 is 1.53 bits per heavy atom. The third-order valence-corrected chi connectivity index (χ3v) is 2.22. The van der Waals surface area contributed by atoms with Crippen molar-refractivity contribution in [1.29, 1.82) is 0 Å². The van der Waals surface area contributed by atoms with Gasteiger partial charge in [-0.2, -0.15) is 5.10 Å². The monoisotopic (exact) mass is 232 g/mol. The molecule has 2 aromatic rings. The zero-order chi connectivity index (χ0) is 12.1. The number of hydrogen-bond donors (Lipinski definition) is 3. The van der Waals surface area contributed by atoms with Crippen molar-refractivity contribution >= 4 is 11.6 Å². The molecule has 88 valence electrons. The van der Waals surface area contributed by atoms with Crippen LogP contribution in [0.5, 0.6) is 0 Å². The zero-order valence-electron chi connectivity index (χ0n) is 9.27. The maximum atomic E-state index is 11.9. The Morgan fingerprint density at radius 2 is 2.41 bits per heavy atom. The first-order chi connectivity index (χ1) is 8.31. The van der Waals surface area contributed by atoms with Crippen molar-refractivity contribution in [3.8, 4) is 0 Å². The molecule has 0 saturated heterocycles. The van der Waals surface area contributed by atoms with Gasteiger partial charge in [-0.15, -0.1) is 0 Å². The Labute approximate surface area is 97.7 Å². The topological polar surface area (TPSA) is 95.6 Å². The van der Waals surface area contributed by atoms with Crippen molar-refractivity contribution in [3.05, 3.63) is 36.2 Å². The second kappa shape index (κ2) is 5.06. The van der Waals surface area contributed by atoms with Gasteiger partial charge in [-0.25, -0.2) is 4.98 Å². The van der Waals surface area contributed by atoms with Crippen LogP contribution in [0.3, 0.4) is 0 Å². The summed E-state index contributed by atoms with van der Waals surface area (Å²) in [6.45, 7) is 0.302. The van der Waals surface area contributed by atoms with Crippen molar-refractivity contribution < 1.29 is 4.79 Å². The first-order valence-electron chi connectivity index (χ1n) is 5.05. The number of nitrogens with zero attached hydrogens (tertiary/aromatic N) is 3. The van der Waals surface area contributed by atoms with E-state index >= 15 is 0 Å². The van der Waals surface area contributed by atoms with E-state index < -0.39 is 0 Å². The van der Waals surface area contributed by atoms with Crippen molar-refractivity contribution in [2.24, 2.45) is 0 Å². The average Bonchev–Trinajstić information content (AvgIpc) is 2.89. The molecule has 0 aliphatic heterocycles. The fourth-order valence-electron chi connectivity index (χ4n) is 1.37. The Hall–Kier alpha value is -2.44. The Kier molecular flexibility index (Phi) is 3.29. The van der Waals surface area contributed by atoms with Gasteiger partial charge < -0.3 is 10.6 Å². The standard InChI is InChI=1S/C10H12N6O/c1-11-8-2-3-12-4-7(8)10(17)13-5-9-14-6-15-16-9/h2-4,6H,5H2,1H3,(H,11,12)(H,13,17)(H,14,15,16). The maximum Gasteiger partial charge on any atom is 0.255 e. The highest BCUT2D eigenvalue weighted by Gasteiger charge is 2.10. The fourth-order valence-corrected chi connectivity index (χ4v) is 1.37. The molecule has 7 heteroatoms. The largest absolute Gasteiger partial charge is 0.387 e. The lowest BCUT2D eigenvalue weighted by Crippen LogP contribution is -2.24. The van der Waals surface area contributed by atoms with Crippen LogP contribution in [-0.2, 0) is 6.54 Å². The van der Waals surface area contributed by atoms with Crippen molar-refractivity contribution in [2.45, 2.75) is 6.54 Å². The second-order valence-electron chi connectivity index (χ2n) is 3.29.